The molecule has 5 atom stereocenters. The molecule has 0 heterocycles. The Morgan fingerprint density at radius 2 is 0.762 bits per heavy atom. The van der Waals surface area contributed by atoms with E-state index in [9.17, 15) is 42.9 Å². The van der Waals surface area contributed by atoms with Crippen LogP contribution in [0.15, 0.2) is 88.1 Å². The van der Waals surface area contributed by atoms with E-state index in [2.05, 4.69) is 112 Å². The van der Waals surface area contributed by atoms with Crippen molar-refractivity contribution in [1.29, 1.82) is 0 Å². The molecule has 0 aliphatic carbocycles. The topological polar surface area (TPSA) is 328 Å². The number of aliphatic hydroxyl groups is 2. The second-order valence-electron chi connectivity index (χ2n) is 30.9. The van der Waals surface area contributed by atoms with Gasteiger partial charge < -0.3 is 56.5 Å². The van der Waals surface area contributed by atoms with Gasteiger partial charge in [-0.2, -0.15) is 0 Å². The Labute approximate surface area is 635 Å². The van der Waals surface area contributed by atoms with E-state index in [4.69, 9.17) is 66.2 Å². The van der Waals surface area contributed by atoms with Gasteiger partial charge in [-0.05, 0) is 166 Å². The van der Waals surface area contributed by atoms with E-state index in [0.29, 0.717) is 12.7 Å². The summed E-state index contributed by atoms with van der Waals surface area (Å²) in [5.74, 6) is -2.76. The van der Waals surface area contributed by atoms with Gasteiger partial charge in [0, 0.05) is 34.0 Å². The van der Waals surface area contributed by atoms with Crippen LogP contribution in [0, 0.1) is 0 Å². The third-order valence-corrected chi connectivity index (χ3v) is 23.7. The summed E-state index contributed by atoms with van der Waals surface area (Å²) in [5.41, 5.74) is -2.29. The summed E-state index contributed by atoms with van der Waals surface area (Å²) in [7, 11) is -1.21. The first kappa shape index (κ1) is 115. The minimum atomic E-state index is -3.31. The highest BCUT2D eigenvalue weighted by atomic mass is 31.2. The van der Waals surface area contributed by atoms with Crippen LogP contribution in [0.25, 0.3) is 0 Å². The number of hydroxylamine groups is 4. The van der Waals surface area contributed by atoms with Crippen molar-refractivity contribution in [2.24, 2.45) is 0 Å². The monoisotopic (exact) mass is 1550 g/mol. The maximum atomic E-state index is 11.9. The van der Waals surface area contributed by atoms with Crippen molar-refractivity contribution in [1.82, 2.24) is 10.1 Å². The third-order valence-electron chi connectivity index (χ3n) is 12.7. The molecule has 0 rings (SSSR count). The Morgan fingerprint density at radius 1 is 0.467 bits per heavy atom. The van der Waals surface area contributed by atoms with E-state index in [0.717, 1.165) is 5.06 Å². The average molecular weight is 1560 g/mol. The number of rotatable bonds is 30. The lowest BCUT2D eigenvalue weighted by Crippen LogP contribution is -2.44. The fourth-order valence-corrected chi connectivity index (χ4v) is 10.2. The number of aliphatic hydroxyl groups excluding tert-OH is 2. The lowest BCUT2D eigenvalue weighted by Gasteiger charge is -2.38. The number of nitrogens with zero attached hydrogens (tertiary/aromatic N) is 2. The Kier molecular flexibility index (Phi) is 61.5. The maximum Gasteiger partial charge on any atom is 0.340 e. The fraction of sp³-hybridized carbons (Fsp3) is 0.697. The fourth-order valence-electron chi connectivity index (χ4n) is 6.05. The summed E-state index contributed by atoms with van der Waals surface area (Å²) in [6, 6.07) is 0. The van der Waals surface area contributed by atoms with Gasteiger partial charge in [0.05, 0.1) is 77.5 Å². The zero-order valence-corrected chi connectivity index (χ0v) is 73.6. The number of esters is 6. The summed E-state index contributed by atoms with van der Waals surface area (Å²) in [6.07, 6.45) is 10.6. The first-order chi connectivity index (χ1) is 47.1. The molecule has 29 heteroatoms. The van der Waals surface area contributed by atoms with Crippen LogP contribution in [-0.4, -0.2) is 197 Å². The number of aldehydes is 1. The summed E-state index contributed by atoms with van der Waals surface area (Å²) >= 11 is 0. The molecule has 614 valence electrons. The molecule has 0 fully saturated rings. The summed E-state index contributed by atoms with van der Waals surface area (Å²) in [6.45, 7) is 76.4. The first-order valence-corrected chi connectivity index (χ1v) is 42.0. The molecular weight excluding hydrogens is 1410 g/mol. The molecular formula is C76H143N2O24PSi2. The molecule has 26 nitrogen and oxygen atoms in total. The van der Waals surface area contributed by atoms with Gasteiger partial charge in [-0.15, -0.1) is 26.3 Å². The standard InChI is InChI=1S/C15H29NO3Si.C15H30O3Si.C11H18O4.2C9H16O3.C8H18NO5P.C6H12O2.C3H4O/c1-9-13(19-20(7,8)15(2,3)4)11-10-12-14(17)16(5)18-6;1-10-12(11-13(16)17-14(2,3)4)18-19(8,9)15(5,6)7;1-6-9(14-8(2)12)7-10(13)15-11(3,4)5;2*1-5-7(10)6-8(11)12-9(2,3)4;1-5-13-15(11,14-6-2)7-8(10)9(3)12-4;1-5(7)8-6(2,3)4;1-2-3-4/h9-10,12-13H,1,11H2,2-8H3;10,12H,1,11H2,2-9H3;6,9H,1,7H2,2-5H3;2*5,7,10H,1,6H2,2-4H3;5-7H2,1-4H3;1-4H3;2-3H,1H2/b12-10+;;;;;;;/t13-;12-;9-;7-;;;;/m1110..../s1. The van der Waals surface area contributed by atoms with Gasteiger partial charge in [-0.1, -0.05) is 91.2 Å². The molecule has 0 aromatic heterocycles. The SMILES string of the molecule is C=CC(O)CC(=O)OC(C)(C)C.C=CC=O.C=C[C@H](C/C=C/C(=O)N(C)OC)O[Si](C)(C)C(C)(C)C.C=C[C@H](CC(=O)OC(C)(C)C)OC(C)=O.C=C[C@H](CC(=O)OC(C)(C)C)O[Si](C)(C)C(C)(C)C.C=C[C@H](O)CC(=O)OC(C)(C)C.CC(=O)OC(C)(C)C.CCOP(=O)(CC(=O)N(C)OC)OCC. The molecule has 0 spiro atoms. The third kappa shape index (κ3) is 76.0. The molecule has 0 bridgehead atoms. The highest BCUT2D eigenvalue weighted by Crippen LogP contribution is 2.48. The molecule has 2 N–H and O–H groups in total. The summed E-state index contributed by atoms with van der Waals surface area (Å²) in [5, 5.41) is 20.4. The number of allylic oxidation sites excluding steroid dienone is 1. The van der Waals surface area contributed by atoms with E-state index < -0.39 is 94.7 Å². The second-order valence-corrected chi connectivity index (χ2v) is 42.4. The predicted octanol–water partition coefficient (Wildman–Crippen LogP) is 15.2. The Balaban J connectivity index is -0.000000175. The van der Waals surface area contributed by atoms with Gasteiger partial charge in [0.1, 0.15) is 46.6 Å². The van der Waals surface area contributed by atoms with Crippen LogP contribution < -0.4 is 0 Å². The van der Waals surface area contributed by atoms with Crippen LogP contribution in [0.1, 0.15) is 205 Å². The van der Waals surface area contributed by atoms with Crippen molar-refractivity contribution >= 4 is 78.1 Å². The maximum absolute atomic E-state index is 11.9. The first-order valence-electron chi connectivity index (χ1n) is 34.4. The van der Waals surface area contributed by atoms with Gasteiger partial charge in [-0.3, -0.25) is 57.4 Å². The number of ether oxygens (including phenoxy) is 6. The lowest BCUT2D eigenvalue weighted by atomic mass is 10.2. The Bertz CT molecular complexity index is 2610. The van der Waals surface area contributed by atoms with Gasteiger partial charge in [0.25, 0.3) is 11.8 Å². The molecule has 0 aromatic carbocycles. The molecule has 2 amide bonds. The van der Waals surface area contributed by atoms with Crippen LogP contribution in [0.5, 0.6) is 0 Å². The van der Waals surface area contributed by atoms with Gasteiger partial charge in [0.15, 0.2) is 16.6 Å². The number of amides is 2. The van der Waals surface area contributed by atoms with E-state index in [1.54, 1.807) is 101 Å². The number of carbonyl (C=O) groups excluding carboxylic acids is 9. The molecule has 0 saturated carbocycles. The molecule has 105 heavy (non-hydrogen) atoms. The molecule has 0 saturated heterocycles. The van der Waals surface area contributed by atoms with Gasteiger partial charge >= 0.3 is 43.4 Å². The molecule has 0 aliphatic rings. The van der Waals surface area contributed by atoms with Crippen LogP contribution >= 0.6 is 7.60 Å². The lowest BCUT2D eigenvalue weighted by molar-refractivity contribution is -0.166. The molecule has 1 unspecified atom stereocenters. The summed E-state index contributed by atoms with van der Waals surface area (Å²) in [4.78, 5) is 108. The Hall–Kier alpha value is -6.05. The van der Waals surface area contributed by atoms with Crippen molar-refractivity contribution in [2.45, 2.75) is 300 Å². The van der Waals surface area contributed by atoms with Gasteiger partial charge in [-0.25, -0.2) is 10.1 Å². The number of hydrogen-bond acceptors (Lipinski definition) is 24. The Morgan fingerprint density at radius 3 is 0.990 bits per heavy atom. The van der Waals surface area contributed by atoms with E-state index in [1.807, 2.05) is 41.5 Å². The smallest absolute Gasteiger partial charge is 0.340 e. The second kappa shape index (κ2) is 56.2. The van der Waals surface area contributed by atoms with Crippen LogP contribution in [0.2, 0.25) is 36.3 Å². The normalized spacial score (nSPS) is 13.1. The zero-order chi connectivity index (χ0) is 85.2. The number of hydrogen-bond donors (Lipinski definition) is 2. The van der Waals surface area contributed by atoms with Crippen LogP contribution in [-0.2, 0) is 104 Å². The highest BCUT2D eigenvalue weighted by Gasteiger charge is 2.40. The van der Waals surface area contributed by atoms with Crippen molar-refractivity contribution in [3.63, 3.8) is 0 Å². The predicted molar refractivity (Wildman–Crippen MR) is 421 cm³/mol. The van der Waals surface area contributed by atoms with Crippen molar-refractivity contribution in [3.8, 4) is 0 Å². The minimum absolute atomic E-state index is 0.000347. The highest BCUT2D eigenvalue weighted by molar-refractivity contribution is 7.54. The summed E-state index contributed by atoms with van der Waals surface area (Å²) < 4.78 is 64.2. The largest absolute Gasteiger partial charge is 0.460 e. The van der Waals surface area contributed by atoms with E-state index in [-0.39, 0.29) is 90.8 Å². The average Bonchev–Trinajstić information content (AvgIpc) is 0.835. The number of carbonyl (C=O) groups is 9. The minimum Gasteiger partial charge on any atom is -0.460 e. The quantitative estimate of drug-likeness (QED) is 0.00986. The zero-order valence-electron chi connectivity index (χ0n) is 70.7. The van der Waals surface area contributed by atoms with Crippen molar-refractivity contribution in [2.75, 3.05) is 47.7 Å². The van der Waals surface area contributed by atoms with Crippen LogP contribution in [0.3, 0.4) is 0 Å². The number of likely N-dealkylation sites (N-methyl/N-ethyl adjacent to an activating group) is 1. The molecule has 0 aromatic rings. The van der Waals surface area contributed by atoms with Crippen molar-refractivity contribution < 1.29 is 114 Å². The molecule has 0 aliphatic heterocycles. The van der Waals surface area contributed by atoms with E-state index >= 15 is 0 Å². The van der Waals surface area contributed by atoms with Crippen LogP contribution in [0.4, 0.5) is 0 Å². The molecule has 0 radical (unpaired) electrons. The van der Waals surface area contributed by atoms with E-state index in [1.165, 1.54) is 70.6 Å². The van der Waals surface area contributed by atoms with Crippen molar-refractivity contribution in [3.05, 3.63) is 88.1 Å². The van der Waals surface area contributed by atoms with Gasteiger partial charge in [0.2, 0.25) is 0 Å².